The lowest BCUT2D eigenvalue weighted by molar-refractivity contribution is 0.183. The van der Waals surface area contributed by atoms with Gasteiger partial charge in [0.1, 0.15) is 4.60 Å². The molecule has 1 unspecified atom stereocenters. The molecule has 0 fully saturated rings. The van der Waals surface area contributed by atoms with Crippen LogP contribution in [0.4, 0.5) is 0 Å². The Morgan fingerprint density at radius 1 is 1.92 bits per heavy atom. The Morgan fingerprint density at radius 3 is 3.00 bits per heavy atom. The van der Waals surface area contributed by atoms with Crippen molar-refractivity contribution in [1.82, 2.24) is 9.78 Å². The summed E-state index contributed by atoms with van der Waals surface area (Å²) >= 11 is 3.29. The highest BCUT2D eigenvalue weighted by Crippen LogP contribution is 2.24. The number of nitrogens with zero attached hydrogens (tertiary/aromatic N) is 2. The first-order valence-corrected chi connectivity index (χ1v) is 4.25. The minimum Gasteiger partial charge on any atom is -0.387 e. The highest BCUT2D eigenvalue weighted by atomic mass is 79.9. The molecule has 0 radical (unpaired) electrons. The second-order valence-electron chi connectivity index (χ2n) is 2.44. The van der Waals surface area contributed by atoms with Crippen molar-refractivity contribution < 1.29 is 5.11 Å². The first-order valence-electron chi connectivity index (χ1n) is 3.45. The van der Waals surface area contributed by atoms with Gasteiger partial charge in [0, 0.05) is 19.0 Å². The Balaban J connectivity index is 2.89. The standard InChI is InChI=1S/C8H9BrN2O/c1-3-4-7(12)6-5-10-11(2)8(6)9/h1,5,7,12H,4H2,2H3. The minimum absolute atomic E-state index is 0.310. The van der Waals surface area contributed by atoms with Crippen molar-refractivity contribution in [3.05, 3.63) is 16.4 Å². The topological polar surface area (TPSA) is 38.1 Å². The maximum absolute atomic E-state index is 9.49. The quantitative estimate of drug-likeness (QED) is 0.774. The first kappa shape index (κ1) is 9.30. The fourth-order valence-corrected chi connectivity index (χ4v) is 1.34. The van der Waals surface area contributed by atoms with E-state index in [9.17, 15) is 5.11 Å². The Morgan fingerprint density at radius 2 is 2.58 bits per heavy atom. The van der Waals surface area contributed by atoms with Crippen molar-refractivity contribution in [1.29, 1.82) is 0 Å². The average Bonchev–Trinajstić information content (AvgIpc) is 2.34. The summed E-state index contributed by atoms with van der Waals surface area (Å²) in [6.07, 6.45) is 6.36. The van der Waals surface area contributed by atoms with Gasteiger partial charge in [-0.3, -0.25) is 4.68 Å². The lowest BCUT2D eigenvalue weighted by Gasteiger charge is -2.04. The normalized spacial score (nSPS) is 12.5. The van der Waals surface area contributed by atoms with Crippen LogP contribution in [0.1, 0.15) is 18.1 Å². The molecule has 0 bridgehead atoms. The number of aliphatic hydroxyl groups is 1. The van der Waals surface area contributed by atoms with Crippen LogP contribution < -0.4 is 0 Å². The number of hydrogen-bond donors (Lipinski definition) is 1. The van der Waals surface area contributed by atoms with Crippen molar-refractivity contribution in [2.45, 2.75) is 12.5 Å². The van der Waals surface area contributed by atoms with Gasteiger partial charge in [-0.15, -0.1) is 12.3 Å². The third kappa shape index (κ3) is 1.68. The molecule has 0 aliphatic heterocycles. The number of halogens is 1. The Hall–Kier alpha value is -0.790. The molecule has 4 heteroatoms. The van der Waals surface area contributed by atoms with Gasteiger partial charge in [-0.05, 0) is 15.9 Å². The molecule has 0 aliphatic rings. The fraction of sp³-hybridized carbons (Fsp3) is 0.375. The number of aryl methyl sites for hydroxylation is 1. The van der Waals surface area contributed by atoms with E-state index in [0.717, 1.165) is 10.2 Å². The monoisotopic (exact) mass is 228 g/mol. The maximum Gasteiger partial charge on any atom is 0.109 e. The number of rotatable bonds is 2. The molecule has 0 aliphatic carbocycles. The summed E-state index contributed by atoms with van der Waals surface area (Å²) < 4.78 is 2.40. The molecule has 0 aromatic carbocycles. The predicted octanol–water partition coefficient (Wildman–Crippen LogP) is 1.24. The van der Waals surface area contributed by atoms with E-state index in [1.807, 2.05) is 0 Å². The van der Waals surface area contributed by atoms with Crippen LogP contribution in [0.25, 0.3) is 0 Å². The number of aromatic nitrogens is 2. The molecule has 1 N–H and O–H groups in total. The first-order chi connectivity index (χ1) is 5.66. The van der Waals surface area contributed by atoms with Gasteiger partial charge in [-0.2, -0.15) is 5.10 Å². The molecule has 1 heterocycles. The van der Waals surface area contributed by atoms with Crippen molar-refractivity contribution in [2.75, 3.05) is 0 Å². The van der Waals surface area contributed by atoms with Crippen molar-refractivity contribution in [3.63, 3.8) is 0 Å². The molecule has 1 aromatic rings. The Bertz CT molecular complexity index is 313. The molecule has 0 saturated carbocycles. The van der Waals surface area contributed by atoms with E-state index in [1.165, 1.54) is 0 Å². The highest BCUT2D eigenvalue weighted by molar-refractivity contribution is 9.10. The van der Waals surface area contributed by atoms with Crippen LogP contribution in [0.3, 0.4) is 0 Å². The van der Waals surface area contributed by atoms with Crippen molar-refractivity contribution in [2.24, 2.45) is 7.05 Å². The van der Waals surface area contributed by atoms with E-state index in [0.29, 0.717) is 6.42 Å². The molecule has 64 valence electrons. The average molecular weight is 229 g/mol. The lowest BCUT2D eigenvalue weighted by Crippen LogP contribution is -1.96. The number of terminal acetylenes is 1. The van der Waals surface area contributed by atoms with Crippen molar-refractivity contribution in [3.8, 4) is 12.3 Å². The van der Waals surface area contributed by atoms with Gasteiger partial charge < -0.3 is 5.11 Å². The summed E-state index contributed by atoms with van der Waals surface area (Å²) in [5.74, 6) is 2.39. The van der Waals surface area contributed by atoms with Gasteiger partial charge in [0.25, 0.3) is 0 Å². The van der Waals surface area contributed by atoms with Crippen LogP contribution in [-0.4, -0.2) is 14.9 Å². The summed E-state index contributed by atoms with van der Waals surface area (Å²) in [6.45, 7) is 0. The van der Waals surface area contributed by atoms with Gasteiger partial charge >= 0.3 is 0 Å². The summed E-state index contributed by atoms with van der Waals surface area (Å²) in [5, 5.41) is 13.4. The van der Waals surface area contributed by atoms with Crippen molar-refractivity contribution >= 4 is 15.9 Å². The summed E-state index contributed by atoms with van der Waals surface area (Å²) in [4.78, 5) is 0. The van der Waals surface area contributed by atoms with E-state index < -0.39 is 6.10 Å². The summed E-state index contributed by atoms with van der Waals surface area (Å²) in [5.41, 5.74) is 0.732. The Kier molecular flexibility index (Phi) is 2.90. The zero-order valence-corrected chi connectivity index (χ0v) is 8.24. The van der Waals surface area contributed by atoms with Crippen LogP contribution in [-0.2, 0) is 7.05 Å². The molecule has 3 nitrogen and oxygen atoms in total. The van der Waals surface area contributed by atoms with E-state index in [2.05, 4.69) is 26.9 Å². The van der Waals surface area contributed by atoms with Gasteiger partial charge in [-0.1, -0.05) is 0 Å². The Labute approximate surface area is 79.5 Å². The molecule has 0 amide bonds. The second kappa shape index (κ2) is 3.74. The van der Waals surface area contributed by atoms with E-state index in [-0.39, 0.29) is 0 Å². The van der Waals surface area contributed by atoms with E-state index in [4.69, 9.17) is 6.42 Å². The molecule has 0 saturated heterocycles. The largest absolute Gasteiger partial charge is 0.387 e. The fourth-order valence-electron chi connectivity index (χ4n) is 0.885. The highest BCUT2D eigenvalue weighted by Gasteiger charge is 2.13. The number of aliphatic hydroxyl groups excluding tert-OH is 1. The summed E-state index contributed by atoms with van der Waals surface area (Å²) in [7, 11) is 1.79. The van der Waals surface area contributed by atoms with Gasteiger partial charge in [0.15, 0.2) is 0 Å². The lowest BCUT2D eigenvalue weighted by atomic mass is 10.1. The smallest absolute Gasteiger partial charge is 0.109 e. The van der Waals surface area contributed by atoms with Gasteiger partial charge in [0.2, 0.25) is 0 Å². The zero-order valence-electron chi connectivity index (χ0n) is 6.66. The van der Waals surface area contributed by atoms with E-state index in [1.54, 1.807) is 17.9 Å². The van der Waals surface area contributed by atoms with E-state index >= 15 is 0 Å². The molecular weight excluding hydrogens is 220 g/mol. The van der Waals surface area contributed by atoms with Crippen LogP contribution >= 0.6 is 15.9 Å². The summed E-state index contributed by atoms with van der Waals surface area (Å²) in [6, 6.07) is 0. The third-order valence-electron chi connectivity index (χ3n) is 1.56. The molecular formula is C8H9BrN2O. The molecule has 12 heavy (non-hydrogen) atoms. The molecule has 1 rings (SSSR count). The second-order valence-corrected chi connectivity index (χ2v) is 3.19. The van der Waals surface area contributed by atoms with Gasteiger partial charge in [-0.25, -0.2) is 0 Å². The van der Waals surface area contributed by atoms with Crippen LogP contribution in [0.15, 0.2) is 10.8 Å². The van der Waals surface area contributed by atoms with Gasteiger partial charge in [0.05, 0.1) is 12.3 Å². The maximum atomic E-state index is 9.49. The van der Waals surface area contributed by atoms with Crippen LogP contribution in [0.5, 0.6) is 0 Å². The minimum atomic E-state index is -0.627. The molecule has 1 atom stereocenters. The van der Waals surface area contributed by atoms with Crippen LogP contribution in [0.2, 0.25) is 0 Å². The SMILES string of the molecule is C#CCC(O)c1cnn(C)c1Br. The number of hydrogen-bond acceptors (Lipinski definition) is 2. The van der Waals surface area contributed by atoms with Crippen LogP contribution in [0, 0.1) is 12.3 Å². The molecule has 0 spiro atoms. The third-order valence-corrected chi connectivity index (χ3v) is 2.53. The molecule has 1 aromatic heterocycles. The zero-order chi connectivity index (χ0) is 9.14. The predicted molar refractivity (Wildman–Crippen MR) is 49.3 cm³/mol.